The summed E-state index contributed by atoms with van der Waals surface area (Å²) in [7, 11) is 0. The average Bonchev–Trinajstić information content (AvgIpc) is 3.11. The maximum Gasteiger partial charge on any atom is 0.295 e. The Hall–Kier alpha value is -4.46. The minimum Gasteiger partial charge on any atom is -0.484 e. The Morgan fingerprint density at radius 3 is 2.56 bits per heavy atom. The first-order chi connectivity index (χ1) is 16.3. The topological polar surface area (TPSA) is 103 Å². The lowest BCUT2D eigenvalue weighted by Gasteiger charge is -2.25. The number of fused-ring (bicyclic) bond motifs is 2. The van der Waals surface area contributed by atoms with Crippen molar-refractivity contribution in [1.82, 2.24) is 0 Å². The van der Waals surface area contributed by atoms with Gasteiger partial charge in [-0.3, -0.25) is 19.3 Å². The molecule has 0 saturated carbocycles. The maximum atomic E-state index is 13.9. The molecular formula is C26H19FN2O5. The zero-order valence-corrected chi connectivity index (χ0v) is 18.1. The molecule has 2 N–H and O–H groups in total. The summed E-state index contributed by atoms with van der Waals surface area (Å²) in [6, 6.07) is 16.8. The molecule has 0 saturated heterocycles. The fraction of sp³-hybridized carbons (Fsp3) is 0.115. The van der Waals surface area contributed by atoms with Crippen molar-refractivity contribution in [1.29, 1.82) is 0 Å². The SMILES string of the molecule is Cc1cccc(N2C(=O)c3oc4ccc(F)cc4c(=O)c3C2c2ccc(OCC(N)=O)cc2)c1. The first kappa shape index (κ1) is 21.4. The van der Waals surface area contributed by atoms with Crippen molar-refractivity contribution in [2.24, 2.45) is 5.73 Å². The number of hydrogen-bond acceptors (Lipinski definition) is 5. The molecule has 170 valence electrons. The number of carbonyl (C=O) groups excluding carboxylic acids is 2. The molecule has 1 aliphatic heterocycles. The van der Waals surface area contributed by atoms with E-state index in [1.807, 2.05) is 25.1 Å². The molecule has 1 atom stereocenters. The van der Waals surface area contributed by atoms with Gasteiger partial charge in [0.15, 0.2) is 12.0 Å². The fourth-order valence-corrected chi connectivity index (χ4v) is 4.21. The van der Waals surface area contributed by atoms with Crippen LogP contribution in [0.5, 0.6) is 5.75 Å². The van der Waals surface area contributed by atoms with Crippen LogP contribution < -0.4 is 20.8 Å². The largest absolute Gasteiger partial charge is 0.484 e. The summed E-state index contributed by atoms with van der Waals surface area (Å²) < 4.78 is 25.1. The van der Waals surface area contributed by atoms with Crippen molar-refractivity contribution in [2.45, 2.75) is 13.0 Å². The molecule has 0 fully saturated rings. The summed E-state index contributed by atoms with van der Waals surface area (Å²) in [5.41, 5.74) is 7.06. The van der Waals surface area contributed by atoms with E-state index in [0.717, 1.165) is 11.6 Å². The van der Waals surface area contributed by atoms with Crippen molar-refractivity contribution in [3.8, 4) is 5.75 Å². The van der Waals surface area contributed by atoms with E-state index in [1.165, 1.54) is 17.0 Å². The van der Waals surface area contributed by atoms with E-state index in [0.29, 0.717) is 17.0 Å². The van der Waals surface area contributed by atoms with Gasteiger partial charge in [-0.2, -0.15) is 0 Å². The molecule has 1 aliphatic rings. The van der Waals surface area contributed by atoms with Crippen molar-refractivity contribution < 1.29 is 23.1 Å². The Labute approximate surface area is 193 Å². The number of nitrogens with zero attached hydrogens (tertiary/aromatic N) is 1. The van der Waals surface area contributed by atoms with Crippen LogP contribution in [0.4, 0.5) is 10.1 Å². The number of ether oxygens (including phenoxy) is 1. The highest BCUT2D eigenvalue weighted by molar-refractivity contribution is 6.10. The van der Waals surface area contributed by atoms with E-state index in [2.05, 4.69) is 0 Å². The number of nitrogens with two attached hydrogens (primary N) is 1. The average molecular weight is 458 g/mol. The number of amides is 2. The number of hydrogen-bond donors (Lipinski definition) is 1. The summed E-state index contributed by atoms with van der Waals surface area (Å²) in [6.07, 6.45) is 0. The number of primary amides is 1. The van der Waals surface area contributed by atoms with E-state index in [4.69, 9.17) is 14.9 Å². The number of aryl methyl sites for hydroxylation is 1. The van der Waals surface area contributed by atoms with Gasteiger partial charge in [-0.1, -0.05) is 24.3 Å². The van der Waals surface area contributed by atoms with E-state index in [1.54, 1.807) is 30.3 Å². The lowest BCUT2D eigenvalue weighted by molar-refractivity contribution is -0.119. The molecular weight excluding hydrogens is 439 g/mol. The van der Waals surface area contributed by atoms with Crippen LogP contribution in [-0.4, -0.2) is 18.4 Å². The van der Waals surface area contributed by atoms with Crippen molar-refractivity contribution >= 4 is 28.5 Å². The van der Waals surface area contributed by atoms with Gasteiger partial charge < -0.3 is 14.9 Å². The summed E-state index contributed by atoms with van der Waals surface area (Å²) in [5.74, 6) is -1.33. The number of benzene rings is 3. The molecule has 8 heteroatoms. The Balaban J connectivity index is 1.70. The molecule has 0 bridgehead atoms. The van der Waals surface area contributed by atoms with E-state index in [9.17, 15) is 18.8 Å². The third kappa shape index (κ3) is 3.59. The Morgan fingerprint density at radius 1 is 1.09 bits per heavy atom. The zero-order chi connectivity index (χ0) is 24.0. The maximum absolute atomic E-state index is 13.9. The van der Waals surface area contributed by atoms with Crippen molar-refractivity contribution in [2.75, 3.05) is 11.5 Å². The second-order valence-electron chi connectivity index (χ2n) is 8.06. The van der Waals surface area contributed by atoms with Crippen LogP contribution in [0.1, 0.15) is 33.3 Å². The Morgan fingerprint density at radius 2 is 1.85 bits per heavy atom. The van der Waals surface area contributed by atoms with Gasteiger partial charge in [-0.05, 0) is 60.5 Å². The zero-order valence-electron chi connectivity index (χ0n) is 18.1. The minimum absolute atomic E-state index is 0.0593. The molecule has 4 aromatic rings. The van der Waals surface area contributed by atoms with Gasteiger partial charge in [-0.15, -0.1) is 0 Å². The molecule has 0 spiro atoms. The summed E-state index contributed by atoms with van der Waals surface area (Å²) in [5, 5.41) is 0.0593. The van der Waals surface area contributed by atoms with Crippen molar-refractivity contribution in [3.05, 3.63) is 105 Å². The van der Waals surface area contributed by atoms with Gasteiger partial charge in [0.05, 0.1) is 17.0 Å². The highest BCUT2D eigenvalue weighted by atomic mass is 19.1. The molecule has 34 heavy (non-hydrogen) atoms. The van der Waals surface area contributed by atoms with Crippen molar-refractivity contribution in [3.63, 3.8) is 0 Å². The third-order valence-corrected chi connectivity index (χ3v) is 5.69. The van der Waals surface area contributed by atoms with Crippen LogP contribution >= 0.6 is 0 Å². The van der Waals surface area contributed by atoms with Crippen LogP contribution in [0.25, 0.3) is 11.0 Å². The van der Waals surface area contributed by atoms with Crippen LogP contribution in [0.2, 0.25) is 0 Å². The molecule has 1 aromatic heterocycles. The highest BCUT2D eigenvalue weighted by Crippen LogP contribution is 2.41. The summed E-state index contributed by atoms with van der Waals surface area (Å²) in [4.78, 5) is 39.5. The molecule has 5 rings (SSSR count). The first-order valence-electron chi connectivity index (χ1n) is 10.5. The quantitative estimate of drug-likeness (QED) is 0.489. The minimum atomic E-state index is -0.807. The lowest BCUT2D eigenvalue weighted by Crippen LogP contribution is -2.29. The lowest BCUT2D eigenvalue weighted by atomic mass is 9.98. The van der Waals surface area contributed by atoms with E-state index >= 15 is 0 Å². The highest BCUT2D eigenvalue weighted by Gasteiger charge is 2.43. The number of anilines is 1. The van der Waals surface area contributed by atoms with Crippen LogP contribution in [-0.2, 0) is 4.79 Å². The molecule has 3 aromatic carbocycles. The third-order valence-electron chi connectivity index (χ3n) is 5.69. The monoisotopic (exact) mass is 458 g/mol. The molecule has 2 heterocycles. The van der Waals surface area contributed by atoms with Gasteiger partial charge in [0, 0.05) is 5.69 Å². The second-order valence-corrected chi connectivity index (χ2v) is 8.06. The molecule has 0 aliphatic carbocycles. The molecule has 0 radical (unpaired) electrons. The van der Waals surface area contributed by atoms with Gasteiger partial charge in [0.1, 0.15) is 17.1 Å². The number of halogens is 1. The molecule has 2 amide bonds. The molecule has 1 unspecified atom stereocenters. The summed E-state index contributed by atoms with van der Waals surface area (Å²) >= 11 is 0. The predicted molar refractivity (Wildman–Crippen MR) is 123 cm³/mol. The Bertz CT molecular complexity index is 1510. The Kier molecular flexibility index (Phi) is 5.13. The number of rotatable bonds is 5. The summed E-state index contributed by atoms with van der Waals surface area (Å²) in [6.45, 7) is 1.62. The molecule has 7 nitrogen and oxygen atoms in total. The first-order valence-corrected chi connectivity index (χ1v) is 10.5. The normalized spacial score (nSPS) is 14.9. The van der Waals surface area contributed by atoms with Gasteiger partial charge >= 0.3 is 0 Å². The van der Waals surface area contributed by atoms with Crippen LogP contribution in [0.3, 0.4) is 0 Å². The fourth-order valence-electron chi connectivity index (χ4n) is 4.21. The van der Waals surface area contributed by atoms with Crippen LogP contribution in [0.15, 0.2) is 75.9 Å². The standard InChI is InChI=1S/C26H19FN2O5/c1-14-3-2-4-17(11-14)29-23(15-5-8-18(9-6-15)33-13-21(28)30)22-24(31)19-12-16(27)7-10-20(19)34-25(22)26(29)32/h2-12,23H,13H2,1H3,(H2,28,30). The van der Waals surface area contributed by atoms with E-state index in [-0.39, 0.29) is 28.9 Å². The van der Waals surface area contributed by atoms with Crippen LogP contribution in [0, 0.1) is 12.7 Å². The predicted octanol–water partition coefficient (Wildman–Crippen LogP) is 3.85. The smallest absolute Gasteiger partial charge is 0.295 e. The van der Waals surface area contributed by atoms with Gasteiger partial charge in [0.25, 0.3) is 11.8 Å². The number of carbonyl (C=O) groups is 2. The van der Waals surface area contributed by atoms with E-state index < -0.39 is 29.1 Å². The van der Waals surface area contributed by atoms with Gasteiger partial charge in [-0.25, -0.2) is 4.39 Å². The second kappa shape index (κ2) is 8.15. The van der Waals surface area contributed by atoms with Gasteiger partial charge in [0.2, 0.25) is 5.76 Å².